The Balaban J connectivity index is 1.55. The molecule has 0 radical (unpaired) electrons. The van der Waals surface area contributed by atoms with Crippen molar-refractivity contribution in [1.82, 2.24) is 15.1 Å². The molecule has 1 N–H and O–H groups in total. The SMILES string of the molecule is O=C(c1ccccc1)N1CCN(C(=O)C2CSCN2)CC1. The van der Waals surface area contributed by atoms with Crippen molar-refractivity contribution >= 4 is 23.6 Å². The molecule has 0 aliphatic carbocycles. The predicted octanol–water partition coefficient (Wildman–Crippen LogP) is 0.633. The zero-order valence-electron chi connectivity index (χ0n) is 11.8. The van der Waals surface area contributed by atoms with Gasteiger partial charge in [0.05, 0.1) is 6.04 Å². The van der Waals surface area contributed by atoms with Gasteiger partial charge in [-0.2, -0.15) is 0 Å². The van der Waals surface area contributed by atoms with E-state index in [2.05, 4.69) is 5.32 Å². The topological polar surface area (TPSA) is 52.7 Å². The van der Waals surface area contributed by atoms with Crippen molar-refractivity contribution in [3.05, 3.63) is 35.9 Å². The monoisotopic (exact) mass is 305 g/mol. The summed E-state index contributed by atoms with van der Waals surface area (Å²) in [6.07, 6.45) is 0. The second kappa shape index (κ2) is 6.49. The highest BCUT2D eigenvalue weighted by Gasteiger charge is 2.30. The zero-order valence-corrected chi connectivity index (χ0v) is 12.6. The quantitative estimate of drug-likeness (QED) is 0.871. The van der Waals surface area contributed by atoms with E-state index >= 15 is 0 Å². The number of amides is 2. The van der Waals surface area contributed by atoms with Gasteiger partial charge < -0.3 is 9.80 Å². The first kappa shape index (κ1) is 14.4. The number of rotatable bonds is 2. The van der Waals surface area contributed by atoms with Gasteiger partial charge in [0.15, 0.2) is 0 Å². The molecular formula is C15H19N3O2S. The third-order valence-electron chi connectivity index (χ3n) is 3.91. The Bertz CT molecular complexity index is 509. The standard InChI is InChI=1S/C15H19N3O2S/c19-14(12-4-2-1-3-5-12)17-6-8-18(9-7-17)15(20)13-10-21-11-16-13/h1-5,13,16H,6-11H2. The van der Waals surface area contributed by atoms with Gasteiger partial charge in [-0.05, 0) is 12.1 Å². The number of benzene rings is 1. The van der Waals surface area contributed by atoms with Crippen LogP contribution in [0.2, 0.25) is 0 Å². The van der Waals surface area contributed by atoms with Gasteiger partial charge in [0.2, 0.25) is 5.91 Å². The molecule has 1 atom stereocenters. The maximum atomic E-state index is 12.3. The van der Waals surface area contributed by atoms with E-state index in [4.69, 9.17) is 0 Å². The fourth-order valence-corrected chi connectivity index (χ4v) is 3.60. The number of piperazine rings is 1. The second-order valence-corrected chi connectivity index (χ2v) is 6.29. The molecule has 6 heteroatoms. The van der Waals surface area contributed by atoms with Crippen LogP contribution in [-0.2, 0) is 4.79 Å². The molecule has 3 rings (SSSR count). The van der Waals surface area contributed by atoms with Crippen molar-refractivity contribution < 1.29 is 9.59 Å². The van der Waals surface area contributed by atoms with Crippen molar-refractivity contribution in [2.24, 2.45) is 0 Å². The molecule has 1 aromatic carbocycles. The van der Waals surface area contributed by atoms with Crippen molar-refractivity contribution in [2.75, 3.05) is 37.8 Å². The molecule has 2 amide bonds. The molecule has 0 spiro atoms. The summed E-state index contributed by atoms with van der Waals surface area (Å²) in [5, 5.41) is 3.20. The van der Waals surface area contributed by atoms with Gasteiger partial charge in [-0.15, -0.1) is 11.8 Å². The molecule has 2 heterocycles. The zero-order chi connectivity index (χ0) is 14.7. The number of hydrogen-bond donors (Lipinski definition) is 1. The minimum absolute atomic E-state index is 0.0497. The molecule has 0 saturated carbocycles. The van der Waals surface area contributed by atoms with E-state index in [0.29, 0.717) is 31.7 Å². The number of nitrogens with one attached hydrogen (secondary N) is 1. The first-order chi connectivity index (χ1) is 10.3. The van der Waals surface area contributed by atoms with E-state index in [1.54, 1.807) is 11.8 Å². The lowest BCUT2D eigenvalue weighted by Crippen LogP contribution is -2.54. The Morgan fingerprint density at radius 3 is 2.33 bits per heavy atom. The predicted molar refractivity (Wildman–Crippen MR) is 83.2 cm³/mol. The summed E-state index contributed by atoms with van der Waals surface area (Å²) in [5.41, 5.74) is 0.714. The number of hydrogen-bond acceptors (Lipinski definition) is 4. The Morgan fingerprint density at radius 1 is 1.05 bits per heavy atom. The third-order valence-corrected chi connectivity index (χ3v) is 4.85. The minimum atomic E-state index is -0.0497. The fourth-order valence-electron chi connectivity index (χ4n) is 2.67. The highest BCUT2D eigenvalue weighted by Crippen LogP contribution is 2.14. The smallest absolute Gasteiger partial charge is 0.253 e. The number of carbonyl (C=O) groups excluding carboxylic acids is 2. The van der Waals surface area contributed by atoms with Gasteiger partial charge >= 0.3 is 0 Å². The van der Waals surface area contributed by atoms with Crippen molar-refractivity contribution in [3.63, 3.8) is 0 Å². The molecular weight excluding hydrogens is 286 g/mol. The summed E-state index contributed by atoms with van der Waals surface area (Å²) in [6, 6.07) is 9.26. The van der Waals surface area contributed by atoms with Crippen molar-refractivity contribution in [2.45, 2.75) is 6.04 Å². The third kappa shape index (κ3) is 3.22. The molecule has 0 aromatic heterocycles. The van der Waals surface area contributed by atoms with Gasteiger partial charge in [-0.25, -0.2) is 0 Å². The highest BCUT2D eigenvalue weighted by molar-refractivity contribution is 7.99. The fraction of sp³-hybridized carbons (Fsp3) is 0.467. The maximum absolute atomic E-state index is 12.3. The van der Waals surface area contributed by atoms with Gasteiger partial charge in [-0.3, -0.25) is 14.9 Å². The van der Waals surface area contributed by atoms with Crippen LogP contribution in [0.4, 0.5) is 0 Å². The van der Waals surface area contributed by atoms with E-state index in [9.17, 15) is 9.59 Å². The molecule has 21 heavy (non-hydrogen) atoms. The summed E-state index contributed by atoms with van der Waals surface area (Å²) in [4.78, 5) is 28.3. The van der Waals surface area contributed by atoms with Crippen molar-refractivity contribution in [3.8, 4) is 0 Å². The van der Waals surface area contributed by atoms with Crippen LogP contribution >= 0.6 is 11.8 Å². The lowest BCUT2D eigenvalue weighted by molar-refractivity contribution is -0.134. The van der Waals surface area contributed by atoms with Crippen LogP contribution < -0.4 is 5.32 Å². The molecule has 2 aliphatic heterocycles. The lowest BCUT2D eigenvalue weighted by Gasteiger charge is -2.35. The Labute approximate surface area is 128 Å². The van der Waals surface area contributed by atoms with Crippen LogP contribution in [0.25, 0.3) is 0 Å². The Hall–Kier alpha value is -1.53. The number of carbonyl (C=O) groups is 2. The van der Waals surface area contributed by atoms with Crippen LogP contribution in [0, 0.1) is 0 Å². The molecule has 112 valence electrons. The van der Waals surface area contributed by atoms with E-state index in [1.165, 1.54) is 0 Å². The number of nitrogens with zero attached hydrogens (tertiary/aromatic N) is 2. The van der Waals surface area contributed by atoms with Gasteiger partial charge in [-0.1, -0.05) is 18.2 Å². The summed E-state index contributed by atoms with van der Waals surface area (Å²) in [7, 11) is 0. The normalized spacial score (nSPS) is 22.4. The van der Waals surface area contributed by atoms with Gasteiger partial charge in [0.1, 0.15) is 0 Å². The second-order valence-electron chi connectivity index (χ2n) is 5.26. The van der Waals surface area contributed by atoms with Crippen LogP contribution in [0.3, 0.4) is 0 Å². The highest BCUT2D eigenvalue weighted by atomic mass is 32.2. The summed E-state index contributed by atoms with van der Waals surface area (Å²) in [5.74, 6) is 1.93. The Kier molecular flexibility index (Phi) is 4.45. The van der Waals surface area contributed by atoms with Crippen LogP contribution in [0.5, 0.6) is 0 Å². The summed E-state index contributed by atoms with van der Waals surface area (Å²) >= 11 is 1.75. The molecule has 1 aromatic rings. The molecule has 2 saturated heterocycles. The van der Waals surface area contributed by atoms with Gasteiger partial charge in [0, 0.05) is 43.4 Å². The largest absolute Gasteiger partial charge is 0.338 e. The molecule has 0 bridgehead atoms. The van der Waals surface area contributed by atoms with Crippen LogP contribution in [0.1, 0.15) is 10.4 Å². The molecule has 2 aliphatic rings. The molecule has 2 fully saturated rings. The van der Waals surface area contributed by atoms with E-state index in [1.807, 2.05) is 40.1 Å². The maximum Gasteiger partial charge on any atom is 0.253 e. The van der Waals surface area contributed by atoms with E-state index in [0.717, 1.165) is 11.6 Å². The van der Waals surface area contributed by atoms with Crippen LogP contribution in [-0.4, -0.2) is 65.5 Å². The molecule has 5 nitrogen and oxygen atoms in total. The number of thioether (sulfide) groups is 1. The van der Waals surface area contributed by atoms with Crippen molar-refractivity contribution in [1.29, 1.82) is 0 Å². The first-order valence-corrected chi connectivity index (χ1v) is 8.35. The van der Waals surface area contributed by atoms with E-state index in [-0.39, 0.29) is 17.9 Å². The summed E-state index contributed by atoms with van der Waals surface area (Å²) < 4.78 is 0. The van der Waals surface area contributed by atoms with Crippen LogP contribution in [0.15, 0.2) is 30.3 Å². The lowest BCUT2D eigenvalue weighted by atomic mass is 10.1. The Morgan fingerprint density at radius 2 is 1.71 bits per heavy atom. The van der Waals surface area contributed by atoms with Gasteiger partial charge in [0.25, 0.3) is 5.91 Å². The first-order valence-electron chi connectivity index (χ1n) is 7.20. The minimum Gasteiger partial charge on any atom is -0.338 e. The molecule has 1 unspecified atom stereocenters. The average molecular weight is 305 g/mol. The summed E-state index contributed by atoms with van der Waals surface area (Å²) in [6.45, 7) is 2.47. The van der Waals surface area contributed by atoms with E-state index < -0.39 is 0 Å². The average Bonchev–Trinajstić information content (AvgIpc) is 3.09.